The van der Waals surface area contributed by atoms with Crippen LogP contribution in [0.15, 0.2) is 36.7 Å². The van der Waals surface area contributed by atoms with Crippen LogP contribution < -0.4 is 10.5 Å². The van der Waals surface area contributed by atoms with E-state index in [1.165, 1.54) is 0 Å². The van der Waals surface area contributed by atoms with Gasteiger partial charge in [0, 0.05) is 44.1 Å². The van der Waals surface area contributed by atoms with Gasteiger partial charge < -0.3 is 15.0 Å². The van der Waals surface area contributed by atoms with Gasteiger partial charge in [-0.15, -0.1) is 0 Å². The van der Waals surface area contributed by atoms with Crippen LogP contribution in [0.3, 0.4) is 0 Å². The summed E-state index contributed by atoms with van der Waals surface area (Å²) in [5.41, 5.74) is 6.76. The minimum atomic E-state index is 0.511. The second-order valence-corrected chi connectivity index (χ2v) is 4.97. The van der Waals surface area contributed by atoms with Gasteiger partial charge in [0.05, 0.1) is 6.54 Å². The minimum absolute atomic E-state index is 0.511. The summed E-state index contributed by atoms with van der Waals surface area (Å²) in [5, 5.41) is 0. The number of hydrogen-bond donors (Lipinski definition) is 1. The third-order valence-corrected chi connectivity index (χ3v) is 3.68. The molecule has 0 amide bonds. The first-order chi connectivity index (χ1) is 9.86. The highest BCUT2D eigenvalue weighted by Gasteiger charge is 2.16. The molecule has 2 N–H and O–H groups in total. The van der Waals surface area contributed by atoms with E-state index in [1.54, 1.807) is 0 Å². The van der Waals surface area contributed by atoms with E-state index in [4.69, 9.17) is 10.5 Å². The lowest BCUT2D eigenvalue weighted by Crippen LogP contribution is -2.36. The number of imidazole rings is 1. The Balaban J connectivity index is 1.51. The van der Waals surface area contributed by atoms with Gasteiger partial charge in [0.15, 0.2) is 0 Å². The van der Waals surface area contributed by atoms with E-state index in [0.29, 0.717) is 13.2 Å². The number of fused-ring (bicyclic) bond motifs is 1. The summed E-state index contributed by atoms with van der Waals surface area (Å²) in [6.07, 6.45) is 3.91. The highest BCUT2D eigenvalue weighted by atomic mass is 16.5. The maximum Gasteiger partial charge on any atom is 0.123 e. The number of para-hydroxylation sites is 1. The normalized spacial score (nSPS) is 15.1. The van der Waals surface area contributed by atoms with Gasteiger partial charge in [-0.25, -0.2) is 4.98 Å². The Morgan fingerprint density at radius 2 is 2.15 bits per heavy atom. The molecule has 0 saturated carbocycles. The van der Waals surface area contributed by atoms with E-state index >= 15 is 0 Å². The fraction of sp³-hybridized carbons (Fsp3) is 0.400. The highest BCUT2D eigenvalue weighted by molar-refractivity contribution is 5.32. The molecule has 0 radical (unpaired) electrons. The lowest BCUT2D eigenvalue weighted by molar-refractivity contribution is 0.174. The quantitative estimate of drug-likeness (QED) is 0.889. The van der Waals surface area contributed by atoms with E-state index in [9.17, 15) is 0 Å². The second-order valence-electron chi connectivity index (χ2n) is 4.97. The molecule has 0 fully saturated rings. The number of aromatic nitrogens is 2. The van der Waals surface area contributed by atoms with Crippen molar-refractivity contribution in [3.63, 3.8) is 0 Å². The van der Waals surface area contributed by atoms with E-state index in [0.717, 1.165) is 43.3 Å². The molecule has 2 aromatic rings. The van der Waals surface area contributed by atoms with Gasteiger partial charge in [-0.05, 0) is 6.07 Å². The van der Waals surface area contributed by atoms with Crippen molar-refractivity contribution in [2.45, 2.75) is 19.6 Å². The molecule has 0 saturated heterocycles. The Kier molecular flexibility index (Phi) is 3.99. The van der Waals surface area contributed by atoms with Crippen LogP contribution in [0.2, 0.25) is 0 Å². The number of nitrogens with two attached hydrogens (primary N) is 1. The number of ether oxygens (including phenoxy) is 1. The van der Waals surface area contributed by atoms with Crippen LogP contribution in [0.4, 0.5) is 0 Å². The Morgan fingerprint density at radius 3 is 3.05 bits per heavy atom. The van der Waals surface area contributed by atoms with Crippen molar-refractivity contribution in [1.29, 1.82) is 0 Å². The molecule has 5 nitrogen and oxygen atoms in total. The molecule has 0 aliphatic carbocycles. The summed E-state index contributed by atoms with van der Waals surface area (Å²) in [4.78, 5) is 6.73. The molecule has 106 valence electrons. The Hall–Kier alpha value is -1.85. The van der Waals surface area contributed by atoms with Gasteiger partial charge in [-0.1, -0.05) is 18.2 Å². The third kappa shape index (κ3) is 2.84. The molecule has 1 aromatic heterocycles. The van der Waals surface area contributed by atoms with Crippen molar-refractivity contribution < 1.29 is 4.74 Å². The molecule has 1 aromatic carbocycles. The van der Waals surface area contributed by atoms with Crippen molar-refractivity contribution in [3.05, 3.63) is 48.0 Å². The number of rotatable bonds is 5. The summed E-state index contributed by atoms with van der Waals surface area (Å²) >= 11 is 0. The lowest BCUT2D eigenvalue weighted by atomic mass is 10.2. The molecule has 2 heterocycles. The third-order valence-electron chi connectivity index (χ3n) is 3.68. The van der Waals surface area contributed by atoms with Crippen molar-refractivity contribution >= 4 is 0 Å². The van der Waals surface area contributed by atoms with Crippen LogP contribution in [-0.2, 0) is 19.6 Å². The van der Waals surface area contributed by atoms with Crippen molar-refractivity contribution in [2.24, 2.45) is 5.73 Å². The predicted molar refractivity (Wildman–Crippen MR) is 77.3 cm³/mol. The molecule has 3 rings (SSSR count). The fourth-order valence-corrected chi connectivity index (χ4v) is 2.51. The summed E-state index contributed by atoms with van der Waals surface area (Å²) in [5.74, 6) is 2.03. The number of hydrogen-bond acceptors (Lipinski definition) is 4. The summed E-state index contributed by atoms with van der Waals surface area (Å²) in [7, 11) is 0. The second kappa shape index (κ2) is 6.07. The van der Waals surface area contributed by atoms with Gasteiger partial charge in [-0.2, -0.15) is 0 Å². The smallest absolute Gasteiger partial charge is 0.123 e. The number of benzene rings is 1. The molecule has 0 bridgehead atoms. The van der Waals surface area contributed by atoms with Crippen LogP contribution in [0.1, 0.15) is 11.4 Å². The Bertz CT molecular complexity index is 567. The standard InChI is InChI=1S/C15H20N4O/c16-11-13-3-1-2-4-14(13)20-10-9-18-7-8-19-6-5-17-15(19)12-18/h1-6H,7-12,16H2. The van der Waals surface area contributed by atoms with Crippen molar-refractivity contribution in [2.75, 3.05) is 19.7 Å². The first-order valence-corrected chi connectivity index (χ1v) is 7.00. The van der Waals surface area contributed by atoms with E-state index in [-0.39, 0.29) is 0 Å². The van der Waals surface area contributed by atoms with Crippen LogP contribution in [0, 0.1) is 0 Å². The van der Waals surface area contributed by atoms with Crippen molar-refractivity contribution in [1.82, 2.24) is 14.5 Å². The summed E-state index contributed by atoms with van der Waals surface area (Å²) < 4.78 is 8.06. The van der Waals surface area contributed by atoms with Gasteiger partial charge in [0.25, 0.3) is 0 Å². The maximum absolute atomic E-state index is 5.85. The lowest BCUT2D eigenvalue weighted by Gasteiger charge is -2.27. The molecule has 1 aliphatic heterocycles. The van der Waals surface area contributed by atoms with Crippen LogP contribution in [-0.4, -0.2) is 34.1 Å². The molecule has 20 heavy (non-hydrogen) atoms. The molecular weight excluding hydrogens is 252 g/mol. The summed E-state index contributed by atoms with van der Waals surface area (Å²) in [6.45, 7) is 5.05. The Labute approximate surface area is 119 Å². The first-order valence-electron chi connectivity index (χ1n) is 7.00. The molecular formula is C15H20N4O. The highest BCUT2D eigenvalue weighted by Crippen LogP contribution is 2.17. The predicted octanol–water partition coefficient (Wildman–Crippen LogP) is 1.24. The van der Waals surface area contributed by atoms with Gasteiger partial charge in [-0.3, -0.25) is 4.90 Å². The Morgan fingerprint density at radius 1 is 1.25 bits per heavy atom. The molecule has 0 spiro atoms. The molecule has 1 aliphatic rings. The molecule has 0 atom stereocenters. The van der Waals surface area contributed by atoms with Crippen molar-refractivity contribution in [3.8, 4) is 5.75 Å². The van der Waals surface area contributed by atoms with Crippen LogP contribution in [0.25, 0.3) is 0 Å². The summed E-state index contributed by atoms with van der Waals surface area (Å²) in [6, 6.07) is 7.95. The zero-order valence-corrected chi connectivity index (χ0v) is 11.5. The average molecular weight is 272 g/mol. The topological polar surface area (TPSA) is 56.3 Å². The fourth-order valence-electron chi connectivity index (χ4n) is 2.51. The van der Waals surface area contributed by atoms with Crippen LogP contribution in [0.5, 0.6) is 5.75 Å². The first kappa shape index (κ1) is 13.1. The molecule has 0 unspecified atom stereocenters. The van der Waals surface area contributed by atoms with Gasteiger partial charge in [0.1, 0.15) is 18.2 Å². The van der Waals surface area contributed by atoms with Gasteiger partial charge >= 0.3 is 0 Å². The average Bonchev–Trinajstić information content (AvgIpc) is 2.95. The maximum atomic E-state index is 5.85. The zero-order valence-electron chi connectivity index (χ0n) is 11.5. The van der Waals surface area contributed by atoms with Gasteiger partial charge in [0.2, 0.25) is 0 Å². The molecule has 5 heteroatoms. The monoisotopic (exact) mass is 272 g/mol. The minimum Gasteiger partial charge on any atom is -0.492 e. The SMILES string of the molecule is NCc1ccccc1OCCN1CCn2ccnc2C1. The van der Waals surface area contributed by atoms with E-state index < -0.39 is 0 Å². The van der Waals surface area contributed by atoms with Crippen LogP contribution >= 0.6 is 0 Å². The zero-order chi connectivity index (χ0) is 13.8. The number of nitrogens with zero attached hydrogens (tertiary/aromatic N) is 3. The largest absolute Gasteiger partial charge is 0.492 e. The van der Waals surface area contributed by atoms with E-state index in [2.05, 4.69) is 14.5 Å². The van der Waals surface area contributed by atoms with E-state index in [1.807, 2.05) is 36.7 Å².